The molecule has 0 bridgehead atoms. The molecule has 1 amide bonds. The number of rotatable bonds is 4. The van der Waals surface area contributed by atoms with E-state index >= 15 is 0 Å². The Morgan fingerprint density at radius 3 is 2.56 bits per heavy atom. The fourth-order valence-electron chi connectivity index (χ4n) is 3.34. The number of aliphatic hydroxyl groups excluding tert-OH is 1. The summed E-state index contributed by atoms with van der Waals surface area (Å²) in [5.74, 6) is -3.25. The molecule has 0 radical (unpaired) electrons. The summed E-state index contributed by atoms with van der Waals surface area (Å²) in [4.78, 5) is 20.3. The number of aromatic nitrogens is 4. The zero-order valence-electron chi connectivity index (χ0n) is 17.2. The van der Waals surface area contributed by atoms with Crippen molar-refractivity contribution in [3.05, 3.63) is 71.2 Å². The minimum Gasteiger partial charge on any atom is -0.382 e. The van der Waals surface area contributed by atoms with Gasteiger partial charge in [0.2, 0.25) is 0 Å². The standard InChI is InChI=1S/C21H15F5N6O2/c1-9-16-17(19(27)29-8-28-16)32(31-9)15-3-2-13(7-14(15)23)30-20(34)18(33)10-4-11(21(24,25)26)6-12(22)5-10/h2-8,18,33H,1H3,(H,30,34)(H2,27,28,29). The van der Waals surface area contributed by atoms with Crippen molar-refractivity contribution in [2.45, 2.75) is 19.2 Å². The molecule has 176 valence electrons. The van der Waals surface area contributed by atoms with Crippen molar-refractivity contribution >= 4 is 28.4 Å². The molecular weight excluding hydrogens is 463 g/mol. The number of carbonyl (C=O) groups is 1. The topological polar surface area (TPSA) is 119 Å². The third-order valence-electron chi connectivity index (χ3n) is 4.91. The highest BCUT2D eigenvalue weighted by molar-refractivity contribution is 5.95. The highest BCUT2D eigenvalue weighted by Gasteiger charge is 2.32. The van der Waals surface area contributed by atoms with Crippen molar-refractivity contribution in [2.75, 3.05) is 11.1 Å². The van der Waals surface area contributed by atoms with E-state index in [4.69, 9.17) is 5.73 Å². The number of benzene rings is 2. The normalized spacial score (nSPS) is 12.7. The maximum Gasteiger partial charge on any atom is 0.416 e. The van der Waals surface area contributed by atoms with Crippen LogP contribution >= 0.6 is 0 Å². The van der Waals surface area contributed by atoms with Gasteiger partial charge in [0.1, 0.15) is 28.9 Å². The first-order valence-electron chi connectivity index (χ1n) is 9.58. The van der Waals surface area contributed by atoms with Crippen molar-refractivity contribution < 1.29 is 31.9 Å². The molecule has 34 heavy (non-hydrogen) atoms. The molecule has 0 saturated heterocycles. The number of amides is 1. The van der Waals surface area contributed by atoms with Gasteiger partial charge >= 0.3 is 6.18 Å². The fraction of sp³-hybridized carbons (Fsp3) is 0.143. The lowest BCUT2D eigenvalue weighted by atomic mass is 10.0. The second kappa shape index (κ2) is 8.33. The Balaban J connectivity index is 1.61. The van der Waals surface area contributed by atoms with E-state index in [-0.39, 0.29) is 28.8 Å². The summed E-state index contributed by atoms with van der Waals surface area (Å²) >= 11 is 0. The number of alkyl halides is 3. The molecule has 4 N–H and O–H groups in total. The van der Waals surface area contributed by atoms with Crippen LogP contribution in [0.5, 0.6) is 0 Å². The van der Waals surface area contributed by atoms with Gasteiger partial charge in [-0.3, -0.25) is 4.79 Å². The van der Waals surface area contributed by atoms with Crippen LogP contribution in [0.25, 0.3) is 16.7 Å². The minimum absolute atomic E-state index is 0.0434. The molecule has 0 aliphatic carbocycles. The molecule has 0 aliphatic heterocycles. The number of nitrogen functional groups attached to an aromatic ring is 1. The van der Waals surface area contributed by atoms with Gasteiger partial charge in [-0.15, -0.1) is 0 Å². The summed E-state index contributed by atoms with van der Waals surface area (Å²) in [6, 6.07) is 4.74. The molecule has 0 saturated carbocycles. The number of carbonyl (C=O) groups excluding carboxylic acids is 1. The number of aliphatic hydroxyl groups is 1. The zero-order chi connectivity index (χ0) is 24.8. The van der Waals surface area contributed by atoms with Crippen molar-refractivity contribution in [1.82, 2.24) is 19.7 Å². The van der Waals surface area contributed by atoms with Crippen molar-refractivity contribution in [2.24, 2.45) is 0 Å². The third-order valence-corrected chi connectivity index (χ3v) is 4.91. The average Bonchev–Trinajstić information content (AvgIpc) is 3.10. The molecule has 2 aromatic carbocycles. The summed E-state index contributed by atoms with van der Waals surface area (Å²) in [6.07, 6.45) is -5.78. The van der Waals surface area contributed by atoms with E-state index in [1.165, 1.54) is 23.1 Å². The predicted molar refractivity (Wildman–Crippen MR) is 111 cm³/mol. The third kappa shape index (κ3) is 4.24. The van der Waals surface area contributed by atoms with Gasteiger partial charge in [-0.2, -0.15) is 18.3 Å². The van der Waals surface area contributed by atoms with Crippen LogP contribution in [-0.4, -0.2) is 30.8 Å². The smallest absolute Gasteiger partial charge is 0.382 e. The van der Waals surface area contributed by atoms with Gasteiger partial charge in [0.25, 0.3) is 5.91 Å². The van der Waals surface area contributed by atoms with E-state index in [1.807, 2.05) is 0 Å². The second-order valence-corrected chi connectivity index (χ2v) is 7.28. The molecule has 13 heteroatoms. The number of anilines is 2. The van der Waals surface area contributed by atoms with Gasteiger partial charge in [-0.1, -0.05) is 0 Å². The first-order valence-corrected chi connectivity index (χ1v) is 9.58. The monoisotopic (exact) mass is 478 g/mol. The van der Waals surface area contributed by atoms with E-state index < -0.39 is 40.9 Å². The molecule has 0 fully saturated rings. The van der Waals surface area contributed by atoms with Crippen LogP contribution in [0.4, 0.5) is 33.5 Å². The average molecular weight is 478 g/mol. The van der Waals surface area contributed by atoms with Crippen LogP contribution in [0.2, 0.25) is 0 Å². The fourth-order valence-corrected chi connectivity index (χ4v) is 3.34. The second-order valence-electron chi connectivity index (χ2n) is 7.28. The summed E-state index contributed by atoms with van der Waals surface area (Å²) < 4.78 is 68.3. The molecule has 0 aliphatic rings. The highest BCUT2D eigenvalue weighted by atomic mass is 19.4. The van der Waals surface area contributed by atoms with Gasteiger partial charge in [-0.25, -0.2) is 23.4 Å². The van der Waals surface area contributed by atoms with Gasteiger partial charge in [0.05, 0.1) is 11.3 Å². The Labute approximate surface area is 187 Å². The Morgan fingerprint density at radius 2 is 1.88 bits per heavy atom. The summed E-state index contributed by atoms with van der Waals surface area (Å²) in [5, 5.41) is 16.5. The van der Waals surface area contributed by atoms with Gasteiger partial charge in [-0.05, 0) is 48.9 Å². The first kappa shape index (κ1) is 23.0. The molecule has 0 spiro atoms. The number of hydrogen-bond donors (Lipinski definition) is 3. The van der Waals surface area contributed by atoms with Crippen molar-refractivity contribution in [1.29, 1.82) is 0 Å². The maximum absolute atomic E-state index is 14.9. The predicted octanol–water partition coefficient (Wildman–Crippen LogP) is 3.68. The van der Waals surface area contributed by atoms with Crippen LogP contribution in [-0.2, 0) is 11.0 Å². The quantitative estimate of drug-likeness (QED) is 0.385. The number of fused-ring (bicyclic) bond motifs is 1. The lowest BCUT2D eigenvalue weighted by Gasteiger charge is -2.15. The van der Waals surface area contributed by atoms with Crippen LogP contribution in [0.1, 0.15) is 22.9 Å². The highest BCUT2D eigenvalue weighted by Crippen LogP contribution is 2.32. The molecular formula is C21H15F5N6O2. The molecule has 1 atom stereocenters. The SMILES string of the molecule is Cc1nn(-c2ccc(NC(=O)C(O)c3cc(F)cc(C(F)(F)F)c3)cc2F)c2c(N)ncnc12. The Morgan fingerprint density at radius 1 is 1.15 bits per heavy atom. The van der Waals surface area contributed by atoms with Gasteiger partial charge < -0.3 is 16.2 Å². The van der Waals surface area contributed by atoms with Gasteiger partial charge in [0, 0.05) is 5.69 Å². The van der Waals surface area contributed by atoms with Crippen LogP contribution in [0.15, 0.2) is 42.7 Å². The zero-order valence-corrected chi connectivity index (χ0v) is 17.2. The summed E-state index contributed by atoms with van der Waals surface area (Å²) in [6.45, 7) is 1.65. The van der Waals surface area contributed by atoms with E-state index in [0.717, 1.165) is 6.07 Å². The number of halogens is 5. The number of nitrogens with zero attached hydrogens (tertiary/aromatic N) is 4. The number of nitrogens with one attached hydrogen (secondary N) is 1. The van der Waals surface area contributed by atoms with E-state index in [9.17, 15) is 31.9 Å². The van der Waals surface area contributed by atoms with Crippen molar-refractivity contribution in [3.63, 3.8) is 0 Å². The lowest BCUT2D eigenvalue weighted by Crippen LogP contribution is -2.21. The van der Waals surface area contributed by atoms with Gasteiger partial charge in [0.15, 0.2) is 17.7 Å². The van der Waals surface area contributed by atoms with E-state index in [1.54, 1.807) is 6.92 Å². The minimum atomic E-state index is -4.88. The van der Waals surface area contributed by atoms with E-state index in [0.29, 0.717) is 23.3 Å². The number of aryl methyl sites for hydroxylation is 1. The number of hydrogen-bond acceptors (Lipinski definition) is 6. The molecule has 4 aromatic rings. The van der Waals surface area contributed by atoms with Crippen LogP contribution < -0.4 is 11.1 Å². The Hall–Kier alpha value is -4.13. The molecule has 1 unspecified atom stereocenters. The summed E-state index contributed by atoms with van der Waals surface area (Å²) in [7, 11) is 0. The summed E-state index contributed by atoms with van der Waals surface area (Å²) in [5.41, 5.74) is 4.90. The van der Waals surface area contributed by atoms with Crippen LogP contribution in [0.3, 0.4) is 0 Å². The lowest BCUT2D eigenvalue weighted by molar-refractivity contribution is -0.138. The molecule has 4 rings (SSSR count). The van der Waals surface area contributed by atoms with E-state index in [2.05, 4.69) is 20.4 Å². The Kier molecular flexibility index (Phi) is 5.65. The van der Waals surface area contributed by atoms with Crippen LogP contribution in [0, 0.1) is 18.6 Å². The molecule has 2 aromatic heterocycles. The molecule has 2 heterocycles. The van der Waals surface area contributed by atoms with Crippen molar-refractivity contribution in [3.8, 4) is 5.69 Å². The first-order chi connectivity index (χ1) is 16.0. The number of nitrogens with two attached hydrogens (primary N) is 1. The Bertz CT molecular complexity index is 1420. The largest absolute Gasteiger partial charge is 0.416 e. The molecule has 8 nitrogen and oxygen atoms in total. The maximum atomic E-state index is 14.9.